The predicted molar refractivity (Wildman–Crippen MR) is 44.4 cm³/mol. The fraction of sp³-hybridized carbons (Fsp3) is 0.556. The van der Waals surface area contributed by atoms with Crippen LogP contribution in [0.3, 0.4) is 0 Å². The molecule has 0 saturated heterocycles. The first-order chi connectivity index (χ1) is 5.06. The van der Waals surface area contributed by atoms with Gasteiger partial charge in [0.05, 0.1) is 0 Å². The molecule has 0 N–H and O–H groups in total. The van der Waals surface area contributed by atoms with Gasteiger partial charge in [-0.2, -0.15) is 0 Å². The summed E-state index contributed by atoms with van der Waals surface area (Å²) < 4.78 is 0. The van der Waals surface area contributed by atoms with Gasteiger partial charge in [0.1, 0.15) is 5.78 Å². The summed E-state index contributed by atoms with van der Waals surface area (Å²) in [6, 6.07) is 0. The number of ketones is 2. The van der Waals surface area contributed by atoms with Gasteiger partial charge in [-0.1, -0.05) is 12.5 Å². The molecule has 0 aliphatic rings. The number of hydrogen-bond acceptors (Lipinski definition) is 2. The summed E-state index contributed by atoms with van der Waals surface area (Å²) in [6.45, 7) is 5.11. The van der Waals surface area contributed by atoms with Crippen molar-refractivity contribution >= 4 is 11.6 Å². The van der Waals surface area contributed by atoms with Crippen LogP contribution in [0.15, 0.2) is 11.6 Å². The highest BCUT2D eigenvalue weighted by atomic mass is 16.1. The Labute approximate surface area is 67.3 Å². The lowest BCUT2D eigenvalue weighted by atomic mass is 10.1. The Morgan fingerprint density at radius 2 is 1.82 bits per heavy atom. The predicted octanol–water partition coefficient (Wildman–Crippen LogP) is 1.89. The van der Waals surface area contributed by atoms with Crippen molar-refractivity contribution in [3.8, 4) is 0 Å². The van der Waals surface area contributed by atoms with Crippen molar-refractivity contribution in [2.75, 3.05) is 0 Å². The van der Waals surface area contributed by atoms with Crippen molar-refractivity contribution in [2.45, 2.75) is 33.6 Å². The Balaban J connectivity index is 3.96. The van der Waals surface area contributed by atoms with Crippen LogP contribution in [0.2, 0.25) is 0 Å². The van der Waals surface area contributed by atoms with Gasteiger partial charge in [-0.05, 0) is 19.9 Å². The van der Waals surface area contributed by atoms with Crippen LogP contribution in [-0.2, 0) is 9.59 Å². The van der Waals surface area contributed by atoms with E-state index in [1.807, 2.05) is 6.92 Å². The number of hydrogen-bond donors (Lipinski definition) is 0. The summed E-state index contributed by atoms with van der Waals surface area (Å²) in [6.07, 6.45) is 2.47. The molecule has 0 fully saturated rings. The summed E-state index contributed by atoms with van der Waals surface area (Å²) in [4.78, 5) is 21.4. The lowest BCUT2D eigenvalue weighted by Crippen LogP contribution is -1.96. The Hall–Kier alpha value is -0.920. The first-order valence-electron chi connectivity index (χ1n) is 3.75. The van der Waals surface area contributed by atoms with Crippen LogP contribution in [0.25, 0.3) is 0 Å². The Bertz CT molecular complexity index is 190. The number of carbonyl (C=O) groups excluding carboxylic acids is 2. The highest BCUT2D eigenvalue weighted by Crippen LogP contribution is 2.02. The van der Waals surface area contributed by atoms with Crippen molar-refractivity contribution in [2.24, 2.45) is 0 Å². The van der Waals surface area contributed by atoms with Gasteiger partial charge in [0.25, 0.3) is 0 Å². The van der Waals surface area contributed by atoms with Crippen LogP contribution in [0.4, 0.5) is 0 Å². The van der Waals surface area contributed by atoms with Gasteiger partial charge in [0.2, 0.25) is 0 Å². The van der Waals surface area contributed by atoms with Crippen LogP contribution < -0.4 is 0 Å². The maximum Gasteiger partial charge on any atom is 0.152 e. The van der Waals surface area contributed by atoms with E-state index in [1.54, 1.807) is 6.92 Å². The zero-order valence-corrected chi connectivity index (χ0v) is 7.31. The fourth-order valence-corrected chi connectivity index (χ4v) is 0.834. The smallest absolute Gasteiger partial charge is 0.152 e. The van der Waals surface area contributed by atoms with Crippen LogP contribution in [0, 0.1) is 0 Å². The van der Waals surface area contributed by atoms with E-state index in [0.29, 0.717) is 12.8 Å². The van der Waals surface area contributed by atoms with Gasteiger partial charge >= 0.3 is 0 Å². The highest BCUT2D eigenvalue weighted by Gasteiger charge is 1.99. The Morgan fingerprint density at radius 1 is 1.27 bits per heavy atom. The summed E-state index contributed by atoms with van der Waals surface area (Å²) in [7, 11) is 0. The van der Waals surface area contributed by atoms with Gasteiger partial charge in [-0.25, -0.2) is 0 Å². The molecule has 0 atom stereocenters. The monoisotopic (exact) mass is 154 g/mol. The quantitative estimate of drug-likeness (QED) is 0.579. The van der Waals surface area contributed by atoms with E-state index >= 15 is 0 Å². The minimum absolute atomic E-state index is 0.00593. The van der Waals surface area contributed by atoms with Crippen molar-refractivity contribution in [1.82, 2.24) is 0 Å². The number of rotatable bonds is 4. The average molecular weight is 154 g/mol. The molecule has 0 aliphatic carbocycles. The van der Waals surface area contributed by atoms with E-state index in [1.165, 1.54) is 13.0 Å². The van der Waals surface area contributed by atoms with Crippen molar-refractivity contribution in [1.29, 1.82) is 0 Å². The van der Waals surface area contributed by atoms with E-state index in [9.17, 15) is 9.59 Å². The summed E-state index contributed by atoms with van der Waals surface area (Å²) >= 11 is 0. The molecule has 0 amide bonds. The van der Waals surface area contributed by atoms with Crippen LogP contribution in [0.1, 0.15) is 33.6 Å². The largest absolute Gasteiger partial charge is 0.299 e. The minimum Gasteiger partial charge on any atom is -0.299 e. The molecule has 2 heteroatoms. The molecule has 11 heavy (non-hydrogen) atoms. The Kier molecular flexibility index (Phi) is 4.42. The third-order valence-corrected chi connectivity index (χ3v) is 1.32. The molecule has 0 spiro atoms. The minimum atomic E-state index is 0.00593. The first-order valence-corrected chi connectivity index (χ1v) is 3.75. The molecule has 0 bridgehead atoms. The molecular weight excluding hydrogens is 140 g/mol. The molecule has 0 saturated carbocycles. The van der Waals surface area contributed by atoms with E-state index in [0.717, 1.165) is 5.57 Å². The standard InChI is InChI=1S/C9H14O2/c1-4-9(11)6-7(2)5-8(3)10/h5H,4,6H2,1-3H3/b7-5+. The Morgan fingerprint density at radius 3 is 2.18 bits per heavy atom. The highest BCUT2D eigenvalue weighted by molar-refractivity contribution is 5.89. The third-order valence-electron chi connectivity index (χ3n) is 1.32. The molecule has 0 unspecified atom stereocenters. The number of allylic oxidation sites excluding steroid dienone is 2. The SMILES string of the molecule is CCC(=O)C/C(C)=C/C(C)=O. The number of carbonyl (C=O) groups is 2. The summed E-state index contributed by atoms with van der Waals surface area (Å²) in [5, 5.41) is 0. The third kappa shape index (κ3) is 5.52. The first kappa shape index (κ1) is 10.1. The van der Waals surface area contributed by atoms with E-state index in [2.05, 4.69) is 0 Å². The molecule has 0 radical (unpaired) electrons. The lowest BCUT2D eigenvalue weighted by Gasteiger charge is -1.95. The molecule has 2 nitrogen and oxygen atoms in total. The topological polar surface area (TPSA) is 34.1 Å². The zero-order valence-electron chi connectivity index (χ0n) is 7.31. The molecule has 0 rings (SSSR count). The van der Waals surface area contributed by atoms with Crippen LogP contribution in [-0.4, -0.2) is 11.6 Å². The van der Waals surface area contributed by atoms with Gasteiger partial charge < -0.3 is 0 Å². The molecule has 0 aromatic heterocycles. The molecular formula is C9H14O2. The second-order valence-electron chi connectivity index (χ2n) is 2.67. The normalized spacial score (nSPS) is 11.4. The molecule has 62 valence electrons. The summed E-state index contributed by atoms with van der Waals surface area (Å²) in [5.74, 6) is 0.186. The van der Waals surface area contributed by atoms with E-state index in [-0.39, 0.29) is 11.6 Å². The maximum absolute atomic E-state index is 10.9. The fourth-order valence-electron chi connectivity index (χ4n) is 0.834. The van der Waals surface area contributed by atoms with Gasteiger partial charge in [-0.3, -0.25) is 9.59 Å². The van der Waals surface area contributed by atoms with Crippen molar-refractivity contribution in [3.63, 3.8) is 0 Å². The van der Waals surface area contributed by atoms with Gasteiger partial charge in [0, 0.05) is 12.8 Å². The zero-order chi connectivity index (χ0) is 8.85. The summed E-state index contributed by atoms with van der Waals surface area (Å²) in [5.41, 5.74) is 0.851. The average Bonchev–Trinajstić information content (AvgIpc) is 1.85. The van der Waals surface area contributed by atoms with E-state index < -0.39 is 0 Å². The van der Waals surface area contributed by atoms with Crippen LogP contribution in [0.5, 0.6) is 0 Å². The van der Waals surface area contributed by atoms with Crippen molar-refractivity contribution in [3.05, 3.63) is 11.6 Å². The lowest BCUT2D eigenvalue weighted by molar-refractivity contribution is -0.118. The molecule has 0 aromatic carbocycles. The van der Waals surface area contributed by atoms with Gasteiger partial charge in [0.15, 0.2) is 5.78 Å². The maximum atomic E-state index is 10.9. The molecule has 0 aromatic rings. The molecule has 0 heterocycles. The van der Waals surface area contributed by atoms with Crippen molar-refractivity contribution < 1.29 is 9.59 Å². The second kappa shape index (κ2) is 4.83. The van der Waals surface area contributed by atoms with Gasteiger partial charge in [-0.15, -0.1) is 0 Å². The molecule has 0 aliphatic heterocycles. The number of Topliss-reactive ketones (excluding diaryl/α,β-unsaturated/α-hetero) is 1. The van der Waals surface area contributed by atoms with E-state index in [4.69, 9.17) is 0 Å². The van der Waals surface area contributed by atoms with Crippen LogP contribution >= 0.6 is 0 Å². The second-order valence-corrected chi connectivity index (χ2v) is 2.67.